The molecule has 3 aromatic rings. The molecule has 0 aliphatic heterocycles. The summed E-state index contributed by atoms with van der Waals surface area (Å²) in [6, 6.07) is 13.3. The molecule has 128 valence electrons. The number of halogens is 5. The number of fused-ring (bicyclic) bond motifs is 1. The summed E-state index contributed by atoms with van der Waals surface area (Å²) in [5.41, 5.74) is -0.631. The fraction of sp³-hybridized carbons (Fsp3) is 0.0556. The van der Waals surface area contributed by atoms with E-state index >= 15 is 0 Å². The first-order chi connectivity index (χ1) is 11.8. The Balaban J connectivity index is 2.00. The minimum atomic E-state index is -4.52. The van der Waals surface area contributed by atoms with Crippen molar-refractivity contribution in [2.24, 2.45) is 0 Å². The van der Waals surface area contributed by atoms with Crippen molar-refractivity contribution in [3.8, 4) is 0 Å². The molecule has 1 amide bonds. The smallest absolute Gasteiger partial charge is 0.321 e. The Bertz CT molecular complexity index is 972. The van der Waals surface area contributed by atoms with Crippen molar-refractivity contribution in [2.75, 3.05) is 5.32 Å². The van der Waals surface area contributed by atoms with Crippen LogP contribution in [0, 0.1) is 0 Å². The molecule has 3 aromatic carbocycles. The van der Waals surface area contributed by atoms with E-state index in [0.29, 0.717) is 10.9 Å². The highest BCUT2D eigenvalue weighted by Gasteiger charge is 2.31. The molecule has 0 unspecified atom stereocenters. The van der Waals surface area contributed by atoms with E-state index in [1.54, 1.807) is 24.3 Å². The lowest BCUT2D eigenvalue weighted by Crippen LogP contribution is -2.14. The summed E-state index contributed by atoms with van der Waals surface area (Å²) in [7, 11) is 0. The van der Waals surface area contributed by atoms with Crippen LogP contribution in [0.4, 0.5) is 18.9 Å². The van der Waals surface area contributed by atoms with E-state index in [1.807, 2.05) is 12.1 Å². The Morgan fingerprint density at radius 2 is 1.68 bits per heavy atom. The van der Waals surface area contributed by atoms with Crippen molar-refractivity contribution < 1.29 is 18.0 Å². The predicted octanol–water partition coefficient (Wildman–Crippen LogP) is 6.53. The van der Waals surface area contributed by atoms with Crippen LogP contribution in [0.2, 0.25) is 5.02 Å². The Hall–Kier alpha value is -2.05. The number of benzene rings is 3. The van der Waals surface area contributed by atoms with Gasteiger partial charge in [0.1, 0.15) is 0 Å². The van der Waals surface area contributed by atoms with E-state index in [2.05, 4.69) is 21.2 Å². The minimum Gasteiger partial charge on any atom is -0.321 e. The van der Waals surface area contributed by atoms with Crippen molar-refractivity contribution in [2.45, 2.75) is 6.18 Å². The van der Waals surface area contributed by atoms with E-state index in [-0.39, 0.29) is 10.7 Å². The lowest BCUT2D eigenvalue weighted by molar-refractivity contribution is -0.137. The molecule has 0 spiro atoms. The van der Waals surface area contributed by atoms with Crippen LogP contribution in [-0.2, 0) is 6.18 Å². The molecule has 0 radical (unpaired) electrons. The zero-order valence-electron chi connectivity index (χ0n) is 12.5. The number of anilines is 1. The maximum absolute atomic E-state index is 12.9. The highest BCUT2D eigenvalue weighted by atomic mass is 79.9. The lowest BCUT2D eigenvalue weighted by atomic mass is 10.0. The first kappa shape index (κ1) is 17.8. The molecule has 0 aliphatic rings. The molecule has 0 fully saturated rings. The van der Waals surface area contributed by atoms with Crippen molar-refractivity contribution >= 4 is 49.9 Å². The van der Waals surface area contributed by atoms with E-state index in [1.165, 1.54) is 0 Å². The average molecular weight is 429 g/mol. The van der Waals surface area contributed by atoms with Gasteiger partial charge in [-0.3, -0.25) is 4.79 Å². The van der Waals surface area contributed by atoms with Crippen LogP contribution >= 0.6 is 27.5 Å². The summed E-state index contributed by atoms with van der Waals surface area (Å²) < 4.78 is 39.4. The molecule has 0 heterocycles. The van der Waals surface area contributed by atoms with E-state index in [9.17, 15) is 18.0 Å². The van der Waals surface area contributed by atoms with Crippen LogP contribution in [0.15, 0.2) is 59.1 Å². The number of hydrogen-bond donors (Lipinski definition) is 1. The van der Waals surface area contributed by atoms with Crippen molar-refractivity contribution in [1.82, 2.24) is 0 Å². The highest BCUT2D eigenvalue weighted by Crippen LogP contribution is 2.34. The number of carbonyl (C=O) groups is 1. The molecule has 25 heavy (non-hydrogen) atoms. The van der Waals surface area contributed by atoms with Crippen LogP contribution in [0.3, 0.4) is 0 Å². The zero-order chi connectivity index (χ0) is 18.2. The molecule has 0 bridgehead atoms. The maximum Gasteiger partial charge on any atom is 0.416 e. The number of amides is 1. The van der Waals surface area contributed by atoms with Crippen molar-refractivity contribution in [1.29, 1.82) is 0 Å². The van der Waals surface area contributed by atoms with Crippen LogP contribution < -0.4 is 5.32 Å². The van der Waals surface area contributed by atoms with Crippen molar-refractivity contribution in [3.63, 3.8) is 0 Å². The summed E-state index contributed by atoms with van der Waals surface area (Å²) in [4.78, 5) is 12.6. The molecule has 1 N–H and O–H groups in total. The number of nitrogens with one attached hydrogen (secondary N) is 1. The van der Waals surface area contributed by atoms with Gasteiger partial charge in [0.05, 0.1) is 16.3 Å². The van der Waals surface area contributed by atoms with Gasteiger partial charge in [-0.05, 0) is 41.1 Å². The summed E-state index contributed by atoms with van der Waals surface area (Å²) in [5.74, 6) is -0.537. The first-order valence-corrected chi connectivity index (χ1v) is 8.30. The normalized spacial score (nSPS) is 11.6. The van der Waals surface area contributed by atoms with Gasteiger partial charge in [-0.15, -0.1) is 0 Å². The van der Waals surface area contributed by atoms with E-state index in [4.69, 9.17) is 11.6 Å². The summed E-state index contributed by atoms with van der Waals surface area (Å²) in [6.45, 7) is 0. The monoisotopic (exact) mass is 427 g/mol. The van der Waals surface area contributed by atoms with E-state index < -0.39 is 17.6 Å². The lowest BCUT2D eigenvalue weighted by Gasteiger charge is -2.13. The second-order valence-electron chi connectivity index (χ2n) is 5.29. The van der Waals surface area contributed by atoms with Crippen LogP contribution in [0.1, 0.15) is 15.9 Å². The van der Waals surface area contributed by atoms with Gasteiger partial charge in [0.15, 0.2) is 0 Å². The largest absolute Gasteiger partial charge is 0.416 e. The quantitative estimate of drug-likeness (QED) is 0.494. The minimum absolute atomic E-state index is 0.0303. The summed E-state index contributed by atoms with van der Waals surface area (Å²) in [6.07, 6.45) is -4.52. The molecule has 0 atom stereocenters. The standard InChI is InChI=1S/C18H10BrClF3NO/c19-14-6-2-3-11-12(14)4-1-5-13(11)17(25)24-16-9-10(18(21,22)23)7-8-15(16)20/h1-9H,(H,24,25). The number of hydrogen-bond acceptors (Lipinski definition) is 1. The summed E-state index contributed by atoms with van der Waals surface area (Å²) in [5, 5.41) is 4.00. The van der Waals surface area contributed by atoms with Gasteiger partial charge < -0.3 is 5.32 Å². The molecule has 3 rings (SSSR count). The predicted molar refractivity (Wildman–Crippen MR) is 96.1 cm³/mol. The highest BCUT2D eigenvalue weighted by molar-refractivity contribution is 9.10. The average Bonchev–Trinajstić information content (AvgIpc) is 2.55. The van der Waals surface area contributed by atoms with Crippen LogP contribution in [0.25, 0.3) is 10.8 Å². The number of alkyl halides is 3. The molecule has 0 saturated heterocycles. The summed E-state index contributed by atoms with van der Waals surface area (Å²) >= 11 is 9.34. The van der Waals surface area contributed by atoms with Gasteiger partial charge in [-0.25, -0.2) is 0 Å². The second-order valence-corrected chi connectivity index (χ2v) is 6.55. The third-order valence-corrected chi connectivity index (χ3v) is 4.68. The number of carbonyl (C=O) groups excluding carboxylic acids is 1. The topological polar surface area (TPSA) is 29.1 Å². The van der Waals surface area contributed by atoms with Gasteiger partial charge in [-0.2, -0.15) is 13.2 Å². The fourth-order valence-electron chi connectivity index (χ4n) is 2.46. The molecular weight excluding hydrogens is 419 g/mol. The van der Waals surface area contributed by atoms with Crippen LogP contribution in [0.5, 0.6) is 0 Å². The van der Waals surface area contributed by atoms with Gasteiger partial charge >= 0.3 is 6.18 Å². The third-order valence-electron chi connectivity index (χ3n) is 3.66. The first-order valence-electron chi connectivity index (χ1n) is 7.13. The van der Waals surface area contributed by atoms with Gasteiger partial charge in [0.2, 0.25) is 0 Å². The van der Waals surface area contributed by atoms with Crippen LogP contribution in [-0.4, -0.2) is 5.91 Å². The van der Waals surface area contributed by atoms with Gasteiger partial charge in [-0.1, -0.05) is 51.8 Å². The fourth-order valence-corrected chi connectivity index (χ4v) is 3.12. The molecule has 2 nitrogen and oxygen atoms in total. The molecule has 0 saturated carbocycles. The number of rotatable bonds is 2. The molecule has 0 aliphatic carbocycles. The van der Waals surface area contributed by atoms with Gasteiger partial charge in [0.25, 0.3) is 5.91 Å². The zero-order valence-corrected chi connectivity index (χ0v) is 14.8. The third kappa shape index (κ3) is 3.65. The molecule has 7 heteroatoms. The second kappa shape index (κ2) is 6.69. The molecular formula is C18H10BrClF3NO. The Morgan fingerprint density at radius 3 is 2.40 bits per heavy atom. The molecule has 0 aromatic heterocycles. The van der Waals surface area contributed by atoms with Gasteiger partial charge in [0, 0.05) is 10.0 Å². The Morgan fingerprint density at radius 1 is 1.00 bits per heavy atom. The SMILES string of the molecule is O=C(Nc1cc(C(F)(F)F)ccc1Cl)c1cccc2c(Br)cccc12. The Kier molecular flexibility index (Phi) is 4.75. The van der Waals surface area contributed by atoms with Crippen molar-refractivity contribution in [3.05, 3.63) is 75.2 Å². The maximum atomic E-state index is 12.9. The Labute approximate surface area is 154 Å². The van der Waals surface area contributed by atoms with E-state index in [0.717, 1.165) is 28.1 Å².